The van der Waals surface area contributed by atoms with E-state index in [0.717, 1.165) is 20.5 Å². The van der Waals surface area contributed by atoms with Gasteiger partial charge in [-0.2, -0.15) is 0 Å². The lowest BCUT2D eigenvalue weighted by molar-refractivity contribution is 0.223. The lowest BCUT2D eigenvalue weighted by Crippen LogP contribution is -1.98. The molecule has 0 aliphatic heterocycles. The molecule has 1 atom stereocenters. The van der Waals surface area contributed by atoms with Crippen LogP contribution in [0, 0.1) is 6.92 Å². The quantitative estimate of drug-likeness (QED) is 0.861. The average molecular weight is 318 g/mol. The van der Waals surface area contributed by atoms with E-state index in [9.17, 15) is 5.11 Å². The van der Waals surface area contributed by atoms with E-state index < -0.39 is 6.10 Å². The molecule has 0 aliphatic rings. The van der Waals surface area contributed by atoms with Gasteiger partial charge in [-0.15, -0.1) is 11.3 Å². The molecule has 1 nitrogen and oxygen atoms in total. The van der Waals surface area contributed by atoms with Gasteiger partial charge in [-0.3, -0.25) is 0 Å². The summed E-state index contributed by atoms with van der Waals surface area (Å²) in [5, 5.41) is 12.8. The lowest BCUT2D eigenvalue weighted by Gasteiger charge is -2.11. The highest BCUT2D eigenvalue weighted by Crippen LogP contribution is 2.32. The van der Waals surface area contributed by atoms with Gasteiger partial charge < -0.3 is 5.11 Å². The monoisotopic (exact) mass is 316 g/mol. The molecular weight excluding hydrogens is 308 g/mol. The minimum absolute atomic E-state index is 0.592. The summed E-state index contributed by atoms with van der Waals surface area (Å²) in [4.78, 5) is 0.971. The van der Waals surface area contributed by atoms with Gasteiger partial charge in [-0.25, -0.2) is 0 Å². The van der Waals surface area contributed by atoms with Gasteiger partial charge in [-0.05, 0) is 57.6 Å². The van der Waals surface area contributed by atoms with E-state index in [0.29, 0.717) is 5.02 Å². The van der Waals surface area contributed by atoms with Gasteiger partial charge in [-0.1, -0.05) is 17.7 Å². The van der Waals surface area contributed by atoms with Gasteiger partial charge in [0.2, 0.25) is 0 Å². The summed E-state index contributed by atoms with van der Waals surface area (Å²) < 4.78 is 0.841. The van der Waals surface area contributed by atoms with E-state index in [4.69, 9.17) is 11.6 Å². The number of halogens is 2. The summed E-state index contributed by atoms with van der Waals surface area (Å²) in [7, 11) is 0. The average Bonchev–Trinajstić information content (AvgIpc) is 2.67. The van der Waals surface area contributed by atoms with Crippen LogP contribution >= 0.6 is 38.9 Å². The second-order valence-corrected chi connectivity index (χ2v) is 5.75. The van der Waals surface area contributed by atoms with Crippen molar-refractivity contribution in [1.29, 1.82) is 0 Å². The van der Waals surface area contributed by atoms with Gasteiger partial charge >= 0.3 is 0 Å². The molecular formula is C12H10BrClOS. The first-order valence-electron chi connectivity index (χ1n) is 4.76. The van der Waals surface area contributed by atoms with Crippen molar-refractivity contribution < 1.29 is 5.11 Å². The minimum Gasteiger partial charge on any atom is -0.383 e. The largest absolute Gasteiger partial charge is 0.383 e. The third kappa shape index (κ3) is 2.33. The van der Waals surface area contributed by atoms with Gasteiger partial charge in [0.15, 0.2) is 0 Å². The molecule has 2 rings (SSSR count). The van der Waals surface area contributed by atoms with Crippen molar-refractivity contribution in [3.05, 3.63) is 55.1 Å². The molecule has 4 heteroatoms. The van der Waals surface area contributed by atoms with Crippen LogP contribution in [0.4, 0.5) is 0 Å². The first-order valence-corrected chi connectivity index (χ1v) is 6.81. The number of hydrogen-bond donors (Lipinski definition) is 1. The van der Waals surface area contributed by atoms with Crippen LogP contribution in [0.5, 0.6) is 0 Å². The fourth-order valence-corrected chi connectivity index (χ4v) is 2.87. The second kappa shape index (κ2) is 4.88. The third-order valence-electron chi connectivity index (χ3n) is 2.41. The number of aryl methyl sites for hydroxylation is 1. The molecule has 0 saturated heterocycles. The van der Waals surface area contributed by atoms with Crippen molar-refractivity contribution in [3.63, 3.8) is 0 Å². The molecule has 0 aliphatic carbocycles. The number of aliphatic hydroxyl groups is 1. The van der Waals surface area contributed by atoms with Gasteiger partial charge in [0, 0.05) is 9.35 Å². The zero-order chi connectivity index (χ0) is 11.7. The molecule has 0 amide bonds. The maximum absolute atomic E-state index is 10.2. The molecule has 1 aromatic carbocycles. The summed E-state index contributed by atoms with van der Waals surface area (Å²) >= 11 is 10.9. The SMILES string of the molecule is Cc1ccsc1C(O)c1ccc(Br)c(Cl)c1. The topological polar surface area (TPSA) is 20.2 Å². The highest BCUT2D eigenvalue weighted by atomic mass is 79.9. The smallest absolute Gasteiger partial charge is 0.113 e. The maximum Gasteiger partial charge on any atom is 0.113 e. The fourth-order valence-electron chi connectivity index (χ4n) is 1.50. The van der Waals surface area contributed by atoms with E-state index in [1.807, 2.05) is 30.5 Å². The molecule has 0 radical (unpaired) electrons. The molecule has 1 unspecified atom stereocenters. The Labute approximate surface area is 112 Å². The molecule has 1 N–H and O–H groups in total. The first kappa shape index (κ1) is 12.1. The fraction of sp³-hybridized carbons (Fsp3) is 0.167. The van der Waals surface area contributed by atoms with E-state index in [-0.39, 0.29) is 0 Å². The molecule has 1 aromatic heterocycles. The van der Waals surface area contributed by atoms with Crippen LogP contribution in [0.15, 0.2) is 34.1 Å². The number of thiophene rings is 1. The molecule has 84 valence electrons. The molecule has 0 saturated carbocycles. The Balaban J connectivity index is 2.38. The summed E-state index contributed by atoms with van der Waals surface area (Å²) in [5.41, 5.74) is 1.93. The first-order chi connectivity index (χ1) is 7.59. The Morgan fingerprint density at radius 3 is 2.69 bits per heavy atom. The molecule has 0 spiro atoms. The number of hydrogen-bond acceptors (Lipinski definition) is 2. The normalized spacial score (nSPS) is 12.8. The van der Waals surface area contributed by atoms with Crippen molar-refractivity contribution in [3.8, 4) is 0 Å². The molecule has 0 fully saturated rings. The van der Waals surface area contributed by atoms with Crippen LogP contribution in [0.3, 0.4) is 0 Å². The highest BCUT2D eigenvalue weighted by Gasteiger charge is 2.15. The van der Waals surface area contributed by atoms with Crippen LogP contribution in [0.25, 0.3) is 0 Å². The van der Waals surface area contributed by atoms with E-state index >= 15 is 0 Å². The van der Waals surface area contributed by atoms with E-state index in [2.05, 4.69) is 15.9 Å². The summed E-state index contributed by atoms with van der Waals surface area (Å²) in [6, 6.07) is 7.52. The summed E-state index contributed by atoms with van der Waals surface area (Å²) in [5.74, 6) is 0. The van der Waals surface area contributed by atoms with Crippen LogP contribution in [-0.4, -0.2) is 5.11 Å². The van der Waals surface area contributed by atoms with E-state index in [1.54, 1.807) is 17.4 Å². The lowest BCUT2D eigenvalue weighted by atomic mass is 10.1. The second-order valence-electron chi connectivity index (χ2n) is 3.54. The Morgan fingerprint density at radius 2 is 2.12 bits per heavy atom. The van der Waals surface area contributed by atoms with Crippen LogP contribution < -0.4 is 0 Å². The third-order valence-corrected chi connectivity index (χ3v) is 4.71. The van der Waals surface area contributed by atoms with Crippen LogP contribution in [-0.2, 0) is 0 Å². The standard InChI is InChI=1S/C12H10BrClOS/c1-7-4-5-16-12(7)11(15)8-2-3-9(13)10(14)6-8/h2-6,11,15H,1H3. The molecule has 1 heterocycles. The number of benzene rings is 1. The zero-order valence-electron chi connectivity index (χ0n) is 8.58. The Morgan fingerprint density at radius 1 is 1.38 bits per heavy atom. The van der Waals surface area contributed by atoms with Gasteiger partial charge in [0.25, 0.3) is 0 Å². The van der Waals surface area contributed by atoms with Gasteiger partial charge in [0.05, 0.1) is 5.02 Å². The minimum atomic E-state index is -0.592. The van der Waals surface area contributed by atoms with Crippen molar-refractivity contribution >= 4 is 38.9 Å². The van der Waals surface area contributed by atoms with Crippen molar-refractivity contribution in [1.82, 2.24) is 0 Å². The maximum atomic E-state index is 10.2. The predicted molar refractivity (Wildman–Crippen MR) is 72.3 cm³/mol. The van der Waals surface area contributed by atoms with E-state index in [1.165, 1.54) is 0 Å². The Hall–Kier alpha value is -0.350. The molecule has 0 bridgehead atoms. The zero-order valence-corrected chi connectivity index (χ0v) is 11.7. The Bertz CT molecular complexity index is 509. The molecule has 2 aromatic rings. The predicted octanol–water partition coefficient (Wildman–Crippen LogP) is 4.55. The van der Waals surface area contributed by atoms with Gasteiger partial charge in [0.1, 0.15) is 6.10 Å². The van der Waals surface area contributed by atoms with Crippen molar-refractivity contribution in [2.24, 2.45) is 0 Å². The number of aliphatic hydroxyl groups excluding tert-OH is 1. The summed E-state index contributed by atoms with van der Waals surface area (Å²) in [6.07, 6.45) is -0.592. The van der Waals surface area contributed by atoms with Crippen molar-refractivity contribution in [2.45, 2.75) is 13.0 Å². The van der Waals surface area contributed by atoms with Crippen molar-refractivity contribution in [2.75, 3.05) is 0 Å². The van der Waals surface area contributed by atoms with Crippen LogP contribution in [0.1, 0.15) is 22.1 Å². The van der Waals surface area contributed by atoms with Crippen LogP contribution in [0.2, 0.25) is 5.02 Å². The Kier molecular flexibility index (Phi) is 3.70. The molecule has 16 heavy (non-hydrogen) atoms. The summed E-state index contributed by atoms with van der Waals surface area (Å²) in [6.45, 7) is 2.00. The number of rotatable bonds is 2. The highest BCUT2D eigenvalue weighted by molar-refractivity contribution is 9.10.